The summed E-state index contributed by atoms with van der Waals surface area (Å²) >= 11 is 6.04. The molecule has 18 heavy (non-hydrogen) atoms. The molecular weight excluding hydrogens is 250 g/mol. The number of carbonyl (C=O) groups is 1. The van der Waals surface area contributed by atoms with Crippen molar-refractivity contribution >= 4 is 17.5 Å². The molecule has 2 N–H and O–H groups in total. The molecule has 1 amide bonds. The van der Waals surface area contributed by atoms with E-state index in [9.17, 15) is 4.79 Å². The van der Waals surface area contributed by atoms with E-state index in [1.54, 1.807) is 25.1 Å². The average Bonchev–Trinajstić information content (AvgIpc) is 2.37. The second-order valence-corrected chi connectivity index (χ2v) is 4.32. The zero-order valence-corrected chi connectivity index (χ0v) is 11.2. The van der Waals surface area contributed by atoms with Gasteiger partial charge in [-0.3, -0.25) is 4.79 Å². The molecule has 0 saturated heterocycles. The maximum Gasteiger partial charge on any atom is 0.236 e. The van der Waals surface area contributed by atoms with E-state index in [1.807, 2.05) is 13.0 Å². The molecule has 5 heteroatoms. The molecule has 4 nitrogen and oxygen atoms in total. The van der Waals surface area contributed by atoms with E-state index < -0.39 is 0 Å². The molecular formula is C13H16ClN3O. The highest BCUT2D eigenvalue weighted by molar-refractivity contribution is 6.31. The van der Waals surface area contributed by atoms with Crippen molar-refractivity contribution in [1.82, 2.24) is 10.6 Å². The number of hydrogen-bond donors (Lipinski definition) is 2. The number of amides is 1. The monoisotopic (exact) mass is 265 g/mol. The highest BCUT2D eigenvalue weighted by Crippen LogP contribution is 2.17. The Morgan fingerprint density at radius 3 is 2.83 bits per heavy atom. The Bertz CT molecular complexity index is 468. The molecule has 0 aromatic heterocycles. The minimum absolute atomic E-state index is 0.0396. The molecule has 1 unspecified atom stereocenters. The zero-order valence-electron chi connectivity index (χ0n) is 10.5. The van der Waals surface area contributed by atoms with Crippen molar-refractivity contribution < 1.29 is 4.79 Å². The maximum atomic E-state index is 11.5. The van der Waals surface area contributed by atoms with Crippen molar-refractivity contribution in [3.05, 3.63) is 34.3 Å². The number of benzene rings is 1. The first-order valence-corrected chi connectivity index (χ1v) is 6.16. The minimum atomic E-state index is -0.281. The van der Waals surface area contributed by atoms with Crippen LogP contribution in [0.4, 0.5) is 0 Å². The summed E-state index contributed by atoms with van der Waals surface area (Å²) in [5.74, 6) is -0.0396. The van der Waals surface area contributed by atoms with Crippen molar-refractivity contribution in [1.29, 1.82) is 5.26 Å². The van der Waals surface area contributed by atoms with Crippen LogP contribution in [-0.2, 0) is 11.3 Å². The second-order valence-electron chi connectivity index (χ2n) is 3.92. The molecule has 0 aliphatic carbocycles. The van der Waals surface area contributed by atoms with Gasteiger partial charge in [0.2, 0.25) is 5.91 Å². The maximum absolute atomic E-state index is 11.5. The first kappa shape index (κ1) is 14.5. The van der Waals surface area contributed by atoms with Gasteiger partial charge in [0.1, 0.15) is 0 Å². The van der Waals surface area contributed by atoms with Crippen molar-refractivity contribution in [2.75, 3.05) is 6.54 Å². The molecule has 0 saturated carbocycles. The van der Waals surface area contributed by atoms with E-state index in [0.717, 1.165) is 5.56 Å². The predicted octanol–water partition coefficient (Wildman–Crippen LogP) is 1.83. The van der Waals surface area contributed by atoms with E-state index >= 15 is 0 Å². The lowest BCUT2D eigenvalue weighted by molar-refractivity contribution is -0.122. The Balaban J connectivity index is 2.59. The third-order valence-corrected chi connectivity index (χ3v) is 2.88. The van der Waals surface area contributed by atoms with Crippen molar-refractivity contribution in [2.24, 2.45) is 0 Å². The molecule has 1 rings (SSSR count). The van der Waals surface area contributed by atoms with Gasteiger partial charge in [-0.05, 0) is 31.5 Å². The predicted molar refractivity (Wildman–Crippen MR) is 71.2 cm³/mol. The third kappa shape index (κ3) is 4.02. The molecule has 0 bridgehead atoms. The zero-order chi connectivity index (χ0) is 13.5. The summed E-state index contributed by atoms with van der Waals surface area (Å²) in [5.41, 5.74) is 1.40. The van der Waals surface area contributed by atoms with Crippen LogP contribution in [0.25, 0.3) is 0 Å². The van der Waals surface area contributed by atoms with E-state index in [-0.39, 0.29) is 11.9 Å². The number of likely N-dealkylation sites (N-methyl/N-ethyl adjacent to an activating group) is 1. The van der Waals surface area contributed by atoms with Gasteiger partial charge in [0, 0.05) is 18.1 Å². The third-order valence-electron chi connectivity index (χ3n) is 2.53. The fourth-order valence-electron chi connectivity index (χ4n) is 1.44. The number of carbonyl (C=O) groups excluding carboxylic acids is 1. The highest BCUT2D eigenvalue weighted by atomic mass is 35.5. The van der Waals surface area contributed by atoms with Crippen LogP contribution < -0.4 is 10.6 Å². The highest BCUT2D eigenvalue weighted by Gasteiger charge is 2.11. The normalized spacial score (nSPS) is 11.7. The number of rotatable bonds is 5. The molecule has 1 aromatic rings. The van der Waals surface area contributed by atoms with Crippen LogP contribution >= 0.6 is 11.6 Å². The molecule has 0 radical (unpaired) electrons. The van der Waals surface area contributed by atoms with E-state index in [2.05, 4.69) is 10.6 Å². The van der Waals surface area contributed by atoms with E-state index in [1.165, 1.54) is 0 Å². The number of nitrogens with one attached hydrogen (secondary N) is 2. The van der Waals surface area contributed by atoms with Crippen LogP contribution in [-0.4, -0.2) is 18.5 Å². The van der Waals surface area contributed by atoms with Gasteiger partial charge in [0.05, 0.1) is 17.7 Å². The van der Waals surface area contributed by atoms with Gasteiger partial charge in [-0.2, -0.15) is 5.26 Å². The summed E-state index contributed by atoms with van der Waals surface area (Å²) in [4.78, 5) is 11.5. The van der Waals surface area contributed by atoms with Crippen molar-refractivity contribution in [2.45, 2.75) is 26.4 Å². The van der Waals surface area contributed by atoms with Crippen molar-refractivity contribution in [3.8, 4) is 6.07 Å². The lowest BCUT2D eigenvalue weighted by Crippen LogP contribution is -2.41. The van der Waals surface area contributed by atoms with Gasteiger partial charge >= 0.3 is 0 Å². The van der Waals surface area contributed by atoms with Crippen LogP contribution in [0.1, 0.15) is 25.0 Å². The molecule has 0 spiro atoms. The SMILES string of the molecule is CCNC(=O)C(C)NCc1ccc(C#N)cc1Cl. The van der Waals surface area contributed by atoms with Gasteiger partial charge in [-0.15, -0.1) is 0 Å². The fraction of sp³-hybridized carbons (Fsp3) is 0.385. The van der Waals surface area contributed by atoms with Crippen LogP contribution in [0.3, 0.4) is 0 Å². The fourth-order valence-corrected chi connectivity index (χ4v) is 1.69. The summed E-state index contributed by atoms with van der Waals surface area (Å²) in [6.45, 7) is 4.77. The number of nitriles is 1. The van der Waals surface area contributed by atoms with E-state index in [0.29, 0.717) is 23.7 Å². The lowest BCUT2D eigenvalue weighted by Gasteiger charge is -2.13. The van der Waals surface area contributed by atoms with Gasteiger partial charge in [-0.1, -0.05) is 17.7 Å². The second kappa shape index (κ2) is 7.00. The molecule has 0 heterocycles. The Morgan fingerprint density at radius 2 is 2.28 bits per heavy atom. The first-order chi connectivity index (χ1) is 8.58. The van der Waals surface area contributed by atoms with E-state index in [4.69, 9.17) is 16.9 Å². The minimum Gasteiger partial charge on any atom is -0.355 e. The van der Waals surface area contributed by atoms with Crippen LogP contribution in [0.5, 0.6) is 0 Å². The van der Waals surface area contributed by atoms with Crippen LogP contribution in [0.2, 0.25) is 5.02 Å². The molecule has 0 fully saturated rings. The number of hydrogen-bond acceptors (Lipinski definition) is 3. The Hall–Kier alpha value is -1.57. The van der Waals surface area contributed by atoms with Crippen LogP contribution in [0.15, 0.2) is 18.2 Å². The smallest absolute Gasteiger partial charge is 0.236 e. The summed E-state index contributed by atoms with van der Waals surface area (Å²) in [7, 11) is 0. The summed E-state index contributed by atoms with van der Waals surface area (Å²) in [6.07, 6.45) is 0. The molecule has 0 aliphatic rings. The topological polar surface area (TPSA) is 64.9 Å². The Labute approximate surface area is 112 Å². The van der Waals surface area contributed by atoms with Gasteiger partial charge in [-0.25, -0.2) is 0 Å². The van der Waals surface area contributed by atoms with Gasteiger partial charge in [0.15, 0.2) is 0 Å². The summed E-state index contributed by atoms with van der Waals surface area (Å²) < 4.78 is 0. The molecule has 1 aromatic carbocycles. The molecule has 1 atom stereocenters. The quantitative estimate of drug-likeness (QED) is 0.854. The van der Waals surface area contributed by atoms with Gasteiger partial charge in [0.25, 0.3) is 0 Å². The first-order valence-electron chi connectivity index (χ1n) is 5.78. The Kier molecular flexibility index (Phi) is 5.63. The summed E-state index contributed by atoms with van der Waals surface area (Å²) in [5, 5.41) is 15.1. The van der Waals surface area contributed by atoms with Crippen molar-refractivity contribution in [3.63, 3.8) is 0 Å². The largest absolute Gasteiger partial charge is 0.355 e. The molecule has 0 aliphatic heterocycles. The Morgan fingerprint density at radius 1 is 1.56 bits per heavy atom. The standard InChI is InChI=1S/C13H16ClN3O/c1-3-16-13(18)9(2)17-8-11-5-4-10(7-15)6-12(11)14/h4-6,9,17H,3,8H2,1-2H3,(H,16,18). The van der Waals surface area contributed by atoms with Crippen LogP contribution in [0, 0.1) is 11.3 Å². The average molecular weight is 266 g/mol. The van der Waals surface area contributed by atoms with Gasteiger partial charge < -0.3 is 10.6 Å². The lowest BCUT2D eigenvalue weighted by atomic mass is 10.1. The molecule has 96 valence electrons. The number of nitrogens with zero attached hydrogens (tertiary/aromatic N) is 1. The number of halogens is 1. The summed E-state index contributed by atoms with van der Waals surface area (Å²) in [6, 6.07) is 6.86.